The second kappa shape index (κ2) is 13.7. The molecule has 0 aliphatic carbocycles. The Hall–Kier alpha value is -0.880. The maximum atomic E-state index is 11.1. The summed E-state index contributed by atoms with van der Waals surface area (Å²) >= 11 is 0. The van der Waals surface area contributed by atoms with Gasteiger partial charge in [0, 0.05) is 6.54 Å². The number of hydrogen-bond acceptors (Lipinski definition) is 8. The van der Waals surface area contributed by atoms with Crippen molar-refractivity contribution in [2.75, 3.05) is 58.5 Å². The van der Waals surface area contributed by atoms with E-state index in [9.17, 15) is 24.4 Å². The van der Waals surface area contributed by atoms with Gasteiger partial charge in [-0.3, -0.25) is 9.13 Å². The molecule has 14 heteroatoms. The van der Waals surface area contributed by atoms with Crippen LogP contribution in [0.2, 0.25) is 0 Å². The van der Waals surface area contributed by atoms with E-state index >= 15 is 0 Å². The van der Waals surface area contributed by atoms with E-state index in [2.05, 4.69) is 5.32 Å². The van der Waals surface area contributed by atoms with Gasteiger partial charge in [-0.05, 0) is 36.1 Å². The second-order valence-electron chi connectivity index (χ2n) is 7.40. The minimum atomic E-state index is -4.20. The largest absolute Gasteiger partial charge is 0.491 e. The molecule has 1 rings (SSSR count). The van der Waals surface area contributed by atoms with Gasteiger partial charge in [0.05, 0.1) is 50.9 Å². The molecule has 0 spiro atoms. The molecule has 1 aromatic rings. The standard InChI is InChI=1S/C18H33NO11P2/c20-12-18(13-21,14-22)19-3-4-29-5-6-30-17-10-15(1-7-31(23,24)25)9-16(11-17)2-8-32(26,27)28/h9-11,19-22H,1-8,12-14H2,(H2,23,24,25)(H2,26,27,28). The molecule has 8 N–H and O–H groups in total. The number of nitrogens with one attached hydrogen (secondary N) is 1. The van der Waals surface area contributed by atoms with Crippen LogP contribution in [0.5, 0.6) is 5.75 Å². The first-order chi connectivity index (χ1) is 14.9. The minimum Gasteiger partial charge on any atom is -0.491 e. The highest BCUT2D eigenvalue weighted by Gasteiger charge is 2.26. The lowest BCUT2D eigenvalue weighted by Gasteiger charge is -2.28. The summed E-state index contributed by atoms with van der Waals surface area (Å²) in [4.78, 5) is 36.3. The average Bonchev–Trinajstić information content (AvgIpc) is 2.72. The molecule has 186 valence electrons. The molecule has 0 bridgehead atoms. The van der Waals surface area contributed by atoms with Crippen LogP contribution in [-0.2, 0) is 26.7 Å². The summed E-state index contributed by atoms with van der Waals surface area (Å²) in [6.45, 7) is -0.488. The number of aliphatic hydroxyl groups is 3. The van der Waals surface area contributed by atoms with Crippen LogP contribution in [0.4, 0.5) is 0 Å². The first-order valence-corrected chi connectivity index (χ1v) is 13.5. The molecule has 1 aromatic carbocycles. The third-order valence-corrected chi connectivity index (χ3v) is 6.17. The first-order valence-electron chi connectivity index (χ1n) is 9.92. The van der Waals surface area contributed by atoms with Gasteiger partial charge in [-0.1, -0.05) is 6.07 Å². The summed E-state index contributed by atoms with van der Waals surface area (Å²) in [5.41, 5.74) is -0.0355. The van der Waals surface area contributed by atoms with Crippen LogP contribution in [0, 0.1) is 0 Å². The van der Waals surface area contributed by atoms with E-state index in [1.165, 1.54) is 0 Å². The third kappa shape index (κ3) is 12.4. The van der Waals surface area contributed by atoms with Gasteiger partial charge >= 0.3 is 15.2 Å². The van der Waals surface area contributed by atoms with Gasteiger partial charge in [0.15, 0.2) is 0 Å². The quantitative estimate of drug-likeness (QED) is 0.0939. The molecule has 0 aliphatic heterocycles. The predicted octanol–water partition coefficient (Wildman–Crippen LogP) is -1.17. The van der Waals surface area contributed by atoms with E-state index < -0.39 is 40.6 Å². The van der Waals surface area contributed by atoms with Gasteiger partial charge in [0.2, 0.25) is 0 Å². The van der Waals surface area contributed by atoms with Crippen LogP contribution in [0.25, 0.3) is 0 Å². The Morgan fingerprint density at radius 1 is 0.781 bits per heavy atom. The maximum absolute atomic E-state index is 11.1. The van der Waals surface area contributed by atoms with Crippen molar-refractivity contribution in [1.82, 2.24) is 5.32 Å². The van der Waals surface area contributed by atoms with E-state index in [-0.39, 0.29) is 51.5 Å². The molecule has 0 radical (unpaired) electrons. The molecule has 0 aliphatic rings. The zero-order valence-corrected chi connectivity index (χ0v) is 19.5. The van der Waals surface area contributed by atoms with Crippen molar-refractivity contribution in [3.05, 3.63) is 29.3 Å². The Morgan fingerprint density at radius 3 is 1.72 bits per heavy atom. The van der Waals surface area contributed by atoms with Crippen LogP contribution in [-0.4, -0.2) is 98.9 Å². The molecule has 12 nitrogen and oxygen atoms in total. The average molecular weight is 501 g/mol. The van der Waals surface area contributed by atoms with Crippen molar-refractivity contribution in [1.29, 1.82) is 0 Å². The molecule has 0 atom stereocenters. The number of ether oxygens (including phenoxy) is 2. The number of benzene rings is 1. The minimum absolute atomic E-state index is 0.0783. The molecule has 0 amide bonds. The van der Waals surface area contributed by atoms with Crippen molar-refractivity contribution in [3.63, 3.8) is 0 Å². The molecule has 0 heterocycles. The van der Waals surface area contributed by atoms with Crippen LogP contribution in [0.15, 0.2) is 18.2 Å². The van der Waals surface area contributed by atoms with Crippen LogP contribution in [0.3, 0.4) is 0 Å². The van der Waals surface area contributed by atoms with E-state index in [1.807, 2.05) is 0 Å². The number of aryl methyl sites for hydroxylation is 2. The highest BCUT2D eigenvalue weighted by atomic mass is 31.2. The Labute approximate surface area is 186 Å². The van der Waals surface area contributed by atoms with Crippen LogP contribution < -0.4 is 10.1 Å². The molecule has 0 saturated heterocycles. The first kappa shape index (κ1) is 29.2. The molecule has 32 heavy (non-hydrogen) atoms. The van der Waals surface area contributed by atoms with E-state index in [0.717, 1.165) is 0 Å². The third-order valence-electron chi connectivity index (χ3n) is 4.56. The lowest BCUT2D eigenvalue weighted by molar-refractivity contribution is 0.0324. The monoisotopic (exact) mass is 501 g/mol. The van der Waals surface area contributed by atoms with Crippen molar-refractivity contribution in [2.45, 2.75) is 18.4 Å². The lowest BCUT2D eigenvalue weighted by atomic mass is 10.0. The fraction of sp³-hybridized carbons (Fsp3) is 0.667. The SMILES string of the molecule is O=P(O)(O)CCc1cc(CCP(=O)(O)O)cc(OCCOCCNC(CO)(CO)CO)c1. The molecular formula is C18H33NO11P2. The Bertz CT molecular complexity index is 724. The van der Waals surface area contributed by atoms with Gasteiger partial charge in [-0.15, -0.1) is 0 Å². The summed E-state index contributed by atoms with van der Waals surface area (Å²) in [7, 11) is -8.40. The van der Waals surface area contributed by atoms with Crippen LogP contribution in [0.1, 0.15) is 11.1 Å². The van der Waals surface area contributed by atoms with Gasteiger partial charge in [0.1, 0.15) is 12.4 Å². The lowest BCUT2D eigenvalue weighted by Crippen LogP contribution is -2.55. The van der Waals surface area contributed by atoms with Crippen molar-refractivity contribution < 1.29 is 53.5 Å². The number of aliphatic hydroxyl groups excluding tert-OH is 3. The zero-order valence-electron chi connectivity index (χ0n) is 17.7. The Morgan fingerprint density at radius 2 is 1.28 bits per heavy atom. The van der Waals surface area contributed by atoms with E-state index in [1.54, 1.807) is 18.2 Å². The van der Waals surface area contributed by atoms with Gasteiger partial charge in [-0.2, -0.15) is 0 Å². The van der Waals surface area contributed by atoms with Gasteiger partial charge < -0.3 is 49.7 Å². The van der Waals surface area contributed by atoms with Gasteiger partial charge in [0.25, 0.3) is 0 Å². The summed E-state index contributed by atoms with van der Waals surface area (Å²) in [5.74, 6) is 0.385. The topological polar surface area (TPSA) is 206 Å². The summed E-state index contributed by atoms with van der Waals surface area (Å²) in [6, 6.07) is 4.85. The fourth-order valence-electron chi connectivity index (χ4n) is 2.68. The smallest absolute Gasteiger partial charge is 0.325 e. The van der Waals surface area contributed by atoms with Gasteiger partial charge in [-0.25, -0.2) is 0 Å². The van der Waals surface area contributed by atoms with Crippen molar-refractivity contribution in [2.24, 2.45) is 0 Å². The predicted molar refractivity (Wildman–Crippen MR) is 116 cm³/mol. The molecule has 0 aromatic heterocycles. The highest BCUT2D eigenvalue weighted by Crippen LogP contribution is 2.37. The number of hydrogen-bond donors (Lipinski definition) is 8. The fourth-order valence-corrected chi connectivity index (χ4v) is 3.78. The number of rotatable bonds is 17. The van der Waals surface area contributed by atoms with E-state index in [4.69, 9.17) is 29.0 Å². The highest BCUT2D eigenvalue weighted by molar-refractivity contribution is 7.52. The molecule has 0 fully saturated rings. The normalized spacial score (nSPS) is 12.8. The molecular weight excluding hydrogens is 468 g/mol. The van der Waals surface area contributed by atoms with Crippen molar-refractivity contribution >= 4 is 15.2 Å². The van der Waals surface area contributed by atoms with Crippen molar-refractivity contribution in [3.8, 4) is 5.75 Å². The van der Waals surface area contributed by atoms with E-state index in [0.29, 0.717) is 16.9 Å². The maximum Gasteiger partial charge on any atom is 0.325 e. The summed E-state index contributed by atoms with van der Waals surface area (Å²) in [6.07, 6.45) is -0.563. The molecule has 0 saturated carbocycles. The Balaban J connectivity index is 2.58. The zero-order chi connectivity index (χ0) is 24.3. The second-order valence-corrected chi connectivity index (χ2v) is 11.0. The summed E-state index contributed by atoms with van der Waals surface area (Å²) in [5, 5.41) is 30.5. The van der Waals surface area contributed by atoms with Crippen LogP contribution >= 0.6 is 15.2 Å². The molecule has 0 unspecified atom stereocenters. The summed E-state index contributed by atoms with van der Waals surface area (Å²) < 4.78 is 33.3. The Kier molecular flexibility index (Phi) is 12.5.